The Bertz CT molecular complexity index is 893. The number of aliphatic imine (C=N–C) groups is 1. The van der Waals surface area contributed by atoms with Crippen molar-refractivity contribution in [2.75, 3.05) is 39.4 Å². The lowest BCUT2D eigenvalue weighted by molar-refractivity contribution is 0.0535. The second-order valence-corrected chi connectivity index (χ2v) is 6.08. The molecule has 0 saturated carbocycles. The summed E-state index contributed by atoms with van der Waals surface area (Å²) in [5.41, 5.74) is 1.37. The molecule has 2 aromatic rings. The van der Waals surface area contributed by atoms with E-state index in [-0.39, 0.29) is 11.6 Å². The molecule has 0 aliphatic carbocycles. The minimum atomic E-state index is -0.243. The van der Waals surface area contributed by atoms with E-state index in [0.717, 1.165) is 12.1 Å². The van der Waals surface area contributed by atoms with Crippen molar-refractivity contribution in [3.8, 4) is 0 Å². The Kier molecular flexibility index (Phi) is 3.78. The summed E-state index contributed by atoms with van der Waals surface area (Å²) in [6, 6.07) is 5.02. The maximum atomic E-state index is 13.0. The van der Waals surface area contributed by atoms with Gasteiger partial charge in [-0.1, -0.05) is 11.6 Å². The molecule has 3 heterocycles. The number of carbonyl (C=O) groups excluding carboxylic acids is 1. The van der Waals surface area contributed by atoms with Crippen molar-refractivity contribution < 1.29 is 9.53 Å². The highest BCUT2D eigenvalue weighted by atomic mass is 35.5. The second-order valence-electron chi connectivity index (χ2n) is 5.64. The van der Waals surface area contributed by atoms with Crippen molar-refractivity contribution >= 4 is 34.6 Å². The number of nitrogens with one attached hydrogen (secondary N) is 2. The van der Waals surface area contributed by atoms with E-state index in [4.69, 9.17) is 21.7 Å². The Morgan fingerprint density at radius 2 is 2.08 bits per heavy atom. The van der Waals surface area contributed by atoms with E-state index < -0.39 is 0 Å². The van der Waals surface area contributed by atoms with Crippen molar-refractivity contribution in [1.82, 2.24) is 19.4 Å². The van der Waals surface area contributed by atoms with E-state index in [9.17, 15) is 4.79 Å². The number of benzene rings is 1. The molecule has 24 heavy (non-hydrogen) atoms. The standard InChI is InChI=1S/C15H17ClN6O2/c16-10-1-2-11-12(9-10)22(15(23)20-5-7-24-8-6-20)13(17)21(11)14-18-3-4-19-14/h1-2,9,17H,3-8H2,(H,18,19). The Labute approximate surface area is 142 Å². The Balaban J connectivity index is 1.91. The third-order valence-corrected chi connectivity index (χ3v) is 4.42. The molecular formula is C15H17ClN6O2. The number of hydrogen-bond donors (Lipinski definition) is 2. The molecule has 0 atom stereocenters. The molecule has 2 aliphatic heterocycles. The summed E-state index contributed by atoms with van der Waals surface area (Å²) < 4.78 is 8.34. The van der Waals surface area contributed by atoms with Gasteiger partial charge in [-0.05, 0) is 18.2 Å². The number of hydrogen-bond acceptors (Lipinski definition) is 5. The first-order valence-corrected chi connectivity index (χ1v) is 8.18. The fourth-order valence-corrected chi connectivity index (χ4v) is 3.20. The molecule has 0 spiro atoms. The summed E-state index contributed by atoms with van der Waals surface area (Å²) >= 11 is 6.13. The third-order valence-electron chi connectivity index (χ3n) is 4.18. The molecule has 2 N–H and O–H groups in total. The van der Waals surface area contributed by atoms with Crippen LogP contribution in [0.25, 0.3) is 11.0 Å². The zero-order chi connectivity index (χ0) is 16.7. The topological polar surface area (TPSA) is 87.6 Å². The van der Waals surface area contributed by atoms with Gasteiger partial charge in [-0.25, -0.2) is 13.9 Å². The van der Waals surface area contributed by atoms with Crippen molar-refractivity contribution in [2.45, 2.75) is 0 Å². The fourth-order valence-electron chi connectivity index (χ4n) is 3.03. The van der Waals surface area contributed by atoms with Crippen LogP contribution in [-0.2, 0) is 4.74 Å². The number of carbonyl (C=O) groups is 1. The minimum Gasteiger partial charge on any atom is -0.378 e. The summed E-state index contributed by atoms with van der Waals surface area (Å²) in [4.78, 5) is 19.0. The molecule has 1 saturated heterocycles. The van der Waals surface area contributed by atoms with Crippen LogP contribution in [0.15, 0.2) is 23.2 Å². The van der Waals surface area contributed by atoms with Gasteiger partial charge in [-0.2, -0.15) is 0 Å². The van der Waals surface area contributed by atoms with Gasteiger partial charge < -0.3 is 15.0 Å². The van der Waals surface area contributed by atoms with E-state index in [0.29, 0.717) is 49.3 Å². The van der Waals surface area contributed by atoms with Crippen LogP contribution >= 0.6 is 11.6 Å². The van der Waals surface area contributed by atoms with Crippen LogP contribution in [0.2, 0.25) is 5.02 Å². The first kappa shape index (κ1) is 15.2. The number of imidazole rings is 1. The third kappa shape index (κ3) is 2.38. The number of rotatable bonds is 0. The van der Waals surface area contributed by atoms with Crippen molar-refractivity contribution in [3.63, 3.8) is 0 Å². The van der Waals surface area contributed by atoms with E-state index >= 15 is 0 Å². The Morgan fingerprint density at radius 1 is 1.29 bits per heavy atom. The molecule has 126 valence electrons. The minimum absolute atomic E-state index is 0.0527. The molecule has 1 aromatic carbocycles. The van der Waals surface area contributed by atoms with Crippen LogP contribution in [0.1, 0.15) is 0 Å². The van der Waals surface area contributed by atoms with Crippen LogP contribution in [0.4, 0.5) is 4.79 Å². The second kappa shape index (κ2) is 5.95. The largest absolute Gasteiger partial charge is 0.378 e. The molecular weight excluding hydrogens is 332 g/mol. The molecule has 0 radical (unpaired) electrons. The molecule has 1 amide bonds. The van der Waals surface area contributed by atoms with Gasteiger partial charge in [0.05, 0.1) is 30.8 Å². The molecule has 0 unspecified atom stereocenters. The van der Waals surface area contributed by atoms with Crippen LogP contribution in [0.5, 0.6) is 0 Å². The lowest BCUT2D eigenvalue weighted by Gasteiger charge is -2.26. The molecule has 1 aromatic heterocycles. The van der Waals surface area contributed by atoms with E-state index in [2.05, 4.69) is 10.3 Å². The van der Waals surface area contributed by atoms with Crippen molar-refractivity contribution in [2.24, 2.45) is 4.99 Å². The number of amides is 1. The Morgan fingerprint density at radius 3 is 2.79 bits per heavy atom. The highest BCUT2D eigenvalue weighted by Gasteiger charge is 2.25. The smallest absolute Gasteiger partial charge is 0.331 e. The van der Waals surface area contributed by atoms with Gasteiger partial charge in [0, 0.05) is 24.7 Å². The molecule has 4 rings (SSSR count). The van der Waals surface area contributed by atoms with Crippen LogP contribution < -0.4 is 10.9 Å². The number of nitrogens with zero attached hydrogens (tertiary/aromatic N) is 4. The van der Waals surface area contributed by atoms with Crippen LogP contribution in [0.3, 0.4) is 0 Å². The number of morpholine rings is 1. The zero-order valence-electron chi connectivity index (χ0n) is 13.0. The molecule has 1 fully saturated rings. The first-order chi connectivity index (χ1) is 11.7. The van der Waals surface area contributed by atoms with Gasteiger partial charge in [-0.3, -0.25) is 10.4 Å². The summed E-state index contributed by atoms with van der Waals surface area (Å²) in [6.45, 7) is 3.41. The normalized spacial score (nSPS) is 17.9. The maximum absolute atomic E-state index is 13.0. The van der Waals surface area contributed by atoms with Crippen molar-refractivity contribution in [1.29, 1.82) is 5.41 Å². The average molecular weight is 349 g/mol. The monoisotopic (exact) mass is 348 g/mol. The summed E-state index contributed by atoms with van der Waals surface area (Å²) in [6.07, 6.45) is 0. The molecule has 9 heteroatoms. The van der Waals surface area contributed by atoms with Gasteiger partial charge in [0.2, 0.25) is 11.6 Å². The maximum Gasteiger partial charge on any atom is 0.331 e. The Hall–Kier alpha value is -2.32. The summed E-state index contributed by atoms with van der Waals surface area (Å²) in [5.74, 6) is 0.584. The van der Waals surface area contributed by atoms with Gasteiger partial charge >= 0.3 is 6.03 Å². The highest BCUT2D eigenvalue weighted by Crippen LogP contribution is 2.20. The van der Waals surface area contributed by atoms with Gasteiger partial charge in [-0.15, -0.1) is 0 Å². The predicted molar refractivity (Wildman–Crippen MR) is 89.7 cm³/mol. The molecule has 0 bridgehead atoms. The van der Waals surface area contributed by atoms with E-state index in [1.165, 1.54) is 4.57 Å². The van der Waals surface area contributed by atoms with Crippen molar-refractivity contribution in [3.05, 3.63) is 28.8 Å². The highest BCUT2D eigenvalue weighted by molar-refractivity contribution is 6.31. The lowest BCUT2D eigenvalue weighted by Crippen LogP contribution is -2.46. The number of fused-ring (bicyclic) bond motifs is 1. The number of aromatic nitrogens is 2. The van der Waals surface area contributed by atoms with Gasteiger partial charge in [0.1, 0.15) is 0 Å². The van der Waals surface area contributed by atoms with E-state index in [1.807, 2.05) is 0 Å². The number of ether oxygens (including phenoxy) is 1. The molecule has 8 nitrogen and oxygen atoms in total. The van der Waals surface area contributed by atoms with Crippen LogP contribution in [-0.4, -0.2) is 65.4 Å². The average Bonchev–Trinajstić information content (AvgIpc) is 3.20. The lowest BCUT2D eigenvalue weighted by atomic mass is 10.3. The SMILES string of the molecule is N=c1n(C(=O)N2CCOCC2)c2cc(Cl)ccc2n1C1=NCCN1. The number of halogens is 1. The van der Waals surface area contributed by atoms with E-state index in [1.54, 1.807) is 27.7 Å². The predicted octanol–water partition coefficient (Wildman–Crippen LogP) is 0.683. The van der Waals surface area contributed by atoms with Gasteiger partial charge in [0.25, 0.3) is 0 Å². The van der Waals surface area contributed by atoms with Gasteiger partial charge in [0.15, 0.2) is 0 Å². The first-order valence-electron chi connectivity index (χ1n) is 7.80. The fraction of sp³-hybridized carbons (Fsp3) is 0.400. The quantitative estimate of drug-likeness (QED) is 0.734. The summed E-state index contributed by atoms with van der Waals surface area (Å²) in [5, 5.41) is 12.2. The van der Waals surface area contributed by atoms with Crippen LogP contribution in [0, 0.1) is 5.41 Å². The zero-order valence-corrected chi connectivity index (χ0v) is 13.7. The summed E-state index contributed by atoms with van der Waals surface area (Å²) in [7, 11) is 0. The molecule has 2 aliphatic rings.